The Morgan fingerprint density at radius 3 is 2.52 bits per heavy atom. The molecule has 29 heavy (non-hydrogen) atoms. The Morgan fingerprint density at radius 1 is 1.10 bits per heavy atom. The van der Waals surface area contributed by atoms with Crippen LogP contribution in [-0.2, 0) is 20.8 Å². The number of aromatic nitrogens is 1. The molecule has 0 aliphatic heterocycles. The maximum Gasteiger partial charge on any atom is 0.331 e. The van der Waals surface area contributed by atoms with Gasteiger partial charge in [0.2, 0.25) is 5.78 Å². The number of ether oxygens (including phenoxy) is 4. The van der Waals surface area contributed by atoms with E-state index in [4.69, 9.17) is 18.9 Å². The third-order valence-corrected chi connectivity index (χ3v) is 4.57. The standard InChI is InChI=1S/C22H27NO6/c1-15-13-18(16(2)23(15)11-12-26-3)19(24)14-29-21(25)10-9-17-7-6-8-20(27-4)22(17)28-5/h6-10,13H,11-12,14H2,1-5H3/b10-9+. The molecule has 2 rings (SSSR count). The van der Waals surface area contributed by atoms with Crippen molar-refractivity contribution in [3.8, 4) is 11.5 Å². The zero-order chi connectivity index (χ0) is 21.4. The fourth-order valence-corrected chi connectivity index (χ4v) is 3.07. The van der Waals surface area contributed by atoms with Gasteiger partial charge in [-0.1, -0.05) is 12.1 Å². The summed E-state index contributed by atoms with van der Waals surface area (Å²) >= 11 is 0. The summed E-state index contributed by atoms with van der Waals surface area (Å²) in [4.78, 5) is 24.5. The van der Waals surface area contributed by atoms with Crippen molar-refractivity contribution in [2.45, 2.75) is 20.4 Å². The Morgan fingerprint density at radius 2 is 1.86 bits per heavy atom. The van der Waals surface area contributed by atoms with Crippen LogP contribution in [-0.4, -0.2) is 50.9 Å². The summed E-state index contributed by atoms with van der Waals surface area (Å²) in [6.07, 6.45) is 2.82. The Balaban J connectivity index is 2.01. The second-order valence-electron chi connectivity index (χ2n) is 6.38. The first kappa shape index (κ1) is 22.2. The van der Waals surface area contributed by atoms with Crippen LogP contribution in [0, 0.1) is 13.8 Å². The number of nitrogens with zero attached hydrogens (tertiary/aromatic N) is 1. The van der Waals surface area contributed by atoms with Gasteiger partial charge in [-0.25, -0.2) is 4.79 Å². The van der Waals surface area contributed by atoms with Crippen LogP contribution in [0.2, 0.25) is 0 Å². The molecule has 7 heteroatoms. The van der Waals surface area contributed by atoms with E-state index >= 15 is 0 Å². The van der Waals surface area contributed by atoms with E-state index in [-0.39, 0.29) is 12.4 Å². The maximum absolute atomic E-state index is 12.5. The molecule has 0 amide bonds. The number of Topliss-reactive ketones (excluding diaryl/α,β-unsaturated/α-hetero) is 1. The highest BCUT2D eigenvalue weighted by Gasteiger charge is 2.17. The zero-order valence-corrected chi connectivity index (χ0v) is 17.5. The summed E-state index contributed by atoms with van der Waals surface area (Å²) in [6.45, 7) is 4.68. The minimum absolute atomic E-state index is 0.248. The molecule has 1 aromatic heterocycles. The largest absolute Gasteiger partial charge is 0.493 e. The number of aryl methyl sites for hydroxylation is 1. The van der Waals surface area contributed by atoms with Crippen LogP contribution in [0.25, 0.3) is 6.08 Å². The van der Waals surface area contributed by atoms with Crippen LogP contribution >= 0.6 is 0 Å². The predicted molar refractivity (Wildman–Crippen MR) is 110 cm³/mol. The molecule has 1 aromatic carbocycles. The van der Waals surface area contributed by atoms with Crippen molar-refractivity contribution in [2.75, 3.05) is 34.5 Å². The summed E-state index contributed by atoms with van der Waals surface area (Å²) in [6, 6.07) is 7.13. The van der Waals surface area contributed by atoms with Crippen LogP contribution in [0.4, 0.5) is 0 Å². The number of ketones is 1. The molecule has 1 heterocycles. The van der Waals surface area contributed by atoms with Gasteiger partial charge < -0.3 is 23.5 Å². The molecule has 2 aromatic rings. The summed E-state index contributed by atoms with van der Waals surface area (Å²) in [5.41, 5.74) is 3.00. The van der Waals surface area contributed by atoms with Crippen LogP contribution in [0.5, 0.6) is 11.5 Å². The lowest BCUT2D eigenvalue weighted by molar-refractivity contribution is -0.136. The number of esters is 1. The van der Waals surface area contributed by atoms with Crippen LogP contribution in [0.1, 0.15) is 27.3 Å². The molecule has 0 radical (unpaired) electrons. The van der Waals surface area contributed by atoms with Gasteiger partial charge in [0.15, 0.2) is 18.1 Å². The Hall–Kier alpha value is -3.06. The molecular formula is C22H27NO6. The fraction of sp³-hybridized carbons (Fsp3) is 0.364. The molecule has 0 atom stereocenters. The van der Waals surface area contributed by atoms with E-state index in [2.05, 4.69) is 0 Å². The third-order valence-electron chi connectivity index (χ3n) is 4.57. The van der Waals surface area contributed by atoms with E-state index in [1.54, 1.807) is 37.5 Å². The van der Waals surface area contributed by atoms with Crippen molar-refractivity contribution in [2.24, 2.45) is 0 Å². The first-order valence-electron chi connectivity index (χ1n) is 9.17. The van der Waals surface area contributed by atoms with Crippen LogP contribution < -0.4 is 9.47 Å². The second kappa shape index (κ2) is 10.5. The number of para-hydroxylation sites is 1. The molecule has 156 valence electrons. The van der Waals surface area contributed by atoms with Crippen molar-refractivity contribution < 1.29 is 28.5 Å². The topological polar surface area (TPSA) is 76.0 Å². The van der Waals surface area contributed by atoms with Crippen LogP contribution in [0.15, 0.2) is 30.3 Å². The van der Waals surface area contributed by atoms with E-state index in [1.165, 1.54) is 20.3 Å². The minimum Gasteiger partial charge on any atom is -0.493 e. The molecule has 0 bridgehead atoms. The Bertz CT molecular complexity index is 897. The van der Waals surface area contributed by atoms with Gasteiger partial charge in [0.1, 0.15) is 0 Å². The van der Waals surface area contributed by atoms with Gasteiger partial charge in [-0.3, -0.25) is 4.79 Å². The molecular weight excluding hydrogens is 374 g/mol. The van der Waals surface area contributed by atoms with E-state index in [1.807, 2.05) is 18.4 Å². The van der Waals surface area contributed by atoms with Gasteiger partial charge in [0.25, 0.3) is 0 Å². The van der Waals surface area contributed by atoms with E-state index in [9.17, 15) is 9.59 Å². The van der Waals surface area contributed by atoms with Gasteiger partial charge in [0, 0.05) is 42.2 Å². The van der Waals surface area contributed by atoms with Gasteiger partial charge >= 0.3 is 5.97 Å². The molecule has 0 spiro atoms. The van der Waals surface area contributed by atoms with Crippen molar-refractivity contribution >= 4 is 17.8 Å². The third kappa shape index (κ3) is 5.48. The van der Waals surface area contributed by atoms with Gasteiger partial charge in [-0.05, 0) is 32.1 Å². The molecule has 0 saturated carbocycles. The monoisotopic (exact) mass is 401 g/mol. The summed E-state index contributed by atoms with van der Waals surface area (Å²) < 4.78 is 22.8. The SMILES string of the molecule is COCCn1c(C)cc(C(=O)COC(=O)/C=C/c2cccc(OC)c2OC)c1C. The van der Waals surface area contributed by atoms with Crippen molar-refractivity contribution in [1.29, 1.82) is 0 Å². The van der Waals surface area contributed by atoms with Gasteiger partial charge in [0.05, 0.1) is 20.8 Å². The minimum atomic E-state index is -0.614. The zero-order valence-electron chi connectivity index (χ0n) is 17.5. The highest BCUT2D eigenvalue weighted by atomic mass is 16.5. The number of carbonyl (C=O) groups is 2. The summed E-state index contributed by atoms with van der Waals surface area (Å²) in [7, 11) is 4.70. The van der Waals surface area contributed by atoms with Gasteiger partial charge in [-0.15, -0.1) is 0 Å². The lowest BCUT2D eigenvalue weighted by atomic mass is 10.1. The fourth-order valence-electron chi connectivity index (χ4n) is 3.07. The van der Waals surface area contributed by atoms with Crippen molar-refractivity contribution in [3.05, 3.63) is 52.9 Å². The smallest absolute Gasteiger partial charge is 0.331 e. The van der Waals surface area contributed by atoms with E-state index in [0.717, 1.165) is 11.4 Å². The predicted octanol–water partition coefficient (Wildman–Crippen LogP) is 3.21. The molecule has 0 N–H and O–H groups in total. The molecule has 0 aliphatic rings. The normalized spacial score (nSPS) is 10.9. The molecule has 0 aliphatic carbocycles. The Labute approximate surface area is 170 Å². The van der Waals surface area contributed by atoms with Crippen LogP contribution in [0.3, 0.4) is 0 Å². The van der Waals surface area contributed by atoms with Crippen molar-refractivity contribution in [1.82, 2.24) is 4.57 Å². The number of hydrogen-bond donors (Lipinski definition) is 0. The first-order chi connectivity index (χ1) is 13.9. The number of hydrogen-bond acceptors (Lipinski definition) is 6. The highest BCUT2D eigenvalue weighted by Crippen LogP contribution is 2.31. The summed E-state index contributed by atoms with van der Waals surface area (Å²) in [5, 5.41) is 0. The highest BCUT2D eigenvalue weighted by molar-refractivity contribution is 6.00. The number of benzene rings is 1. The average Bonchev–Trinajstić information content (AvgIpc) is 3.01. The number of methoxy groups -OCH3 is 3. The quantitative estimate of drug-likeness (QED) is 0.346. The Kier molecular flexibility index (Phi) is 8.03. The average molecular weight is 401 g/mol. The number of rotatable bonds is 10. The van der Waals surface area contributed by atoms with Gasteiger partial charge in [-0.2, -0.15) is 0 Å². The summed E-state index contributed by atoms with van der Waals surface area (Å²) in [5.74, 6) is 0.208. The lowest BCUT2D eigenvalue weighted by Gasteiger charge is -2.09. The van der Waals surface area contributed by atoms with E-state index in [0.29, 0.717) is 35.8 Å². The molecule has 7 nitrogen and oxygen atoms in total. The number of carbonyl (C=O) groups excluding carboxylic acids is 2. The molecule has 0 saturated heterocycles. The van der Waals surface area contributed by atoms with E-state index < -0.39 is 5.97 Å². The maximum atomic E-state index is 12.5. The lowest BCUT2D eigenvalue weighted by Crippen LogP contribution is -2.14. The first-order valence-corrected chi connectivity index (χ1v) is 9.17. The molecule has 0 fully saturated rings. The van der Waals surface area contributed by atoms with Crippen molar-refractivity contribution in [3.63, 3.8) is 0 Å². The second-order valence-corrected chi connectivity index (χ2v) is 6.38. The molecule has 0 unspecified atom stereocenters.